The van der Waals surface area contributed by atoms with Crippen LogP contribution in [-0.4, -0.2) is 39.9 Å². The molecule has 188 valence electrons. The normalized spacial score (nSPS) is 11.5. The van der Waals surface area contributed by atoms with Crippen molar-refractivity contribution in [3.05, 3.63) is 89.5 Å². The number of aryl methyl sites for hydroxylation is 3. The summed E-state index contributed by atoms with van der Waals surface area (Å²) in [5.74, 6) is 0. The summed E-state index contributed by atoms with van der Waals surface area (Å²) in [6, 6.07) is 26.4. The molecule has 3 aromatic carbocycles. The maximum Gasteiger partial charge on any atom is 1.00 e. The minimum atomic E-state index is -2.86. The Kier molecular flexibility index (Phi) is 29.9. The SMILES string of the molecule is Cc1ccccc1P(c1ccccc1C)c1ccccc1C.O=S([O-])O.O=S([O-])O.O=S([O-])O.[Li+].[Li+].[Li+]. The first-order valence-electron chi connectivity index (χ1n) is 9.20. The van der Waals surface area contributed by atoms with E-state index in [1.807, 2.05) is 0 Å². The maximum atomic E-state index is 8.56. The number of rotatable bonds is 3. The van der Waals surface area contributed by atoms with Crippen LogP contribution in [0.1, 0.15) is 16.7 Å². The van der Waals surface area contributed by atoms with Gasteiger partial charge in [0, 0.05) is 0 Å². The summed E-state index contributed by atoms with van der Waals surface area (Å²) < 4.78 is 72.2. The molecule has 37 heavy (non-hydrogen) atoms. The van der Waals surface area contributed by atoms with Crippen LogP contribution in [0, 0.1) is 20.8 Å². The van der Waals surface area contributed by atoms with Crippen molar-refractivity contribution in [3.8, 4) is 0 Å². The van der Waals surface area contributed by atoms with Crippen LogP contribution in [0.4, 0.5) is 0 Å². The molecule has 0 aromatic heterocycles. The first-order valence-corrected chi connectivity index (χ1v) is 13.6. The summed E-state index contributed by atoms with van der Waals surface area (Å²) in [5.41, 5.74) is 4.13. The molecule has 3 unspecified atom stereocenters. The fraction of sp³-hybridized carbons (Fsp3) is 0.143. The topological polar surface area (TPSA) is 181 Å². The Bertz CT molecular complexity index is 963. The fourth-order valence-electron chi connectivity index (χ4n) is 2.83. The predicted octanol–water partition coefficient (Wildman–Crippen LogP) is -6.60. The molecule has 3 aromatic rings. The van der Waals surface area contributed by atoms with E-state index in [0.29, 0.717) is 0 Å². The first-order chi connectivity index (χ1) is 15.9. The summed E-state index contributed by atoms with van der Waals surface area (Å²) in [4.78, 5) is 0. The van der Waals surface area contributed by atoms with Crippen LogP contribution in [0.3, 0.4) is 0 Å². The van der Waals surface area contributed by atoms with Crippen LogP contribution in [-0.2, 0) is 34.1 Å². The van der Waals surface area contributed by atoms with Crippen LogP contribution in [0.25, 0.3) is 0 Å². The van der Waals surface area contributed by atoms with E-state index in [0.717, 1.165) is 0 Å². The van der Waals surface area contributed by atoms with E-state index < -0.39 is 42.0 Å². The minimum Gasteiger partial charge on any atom is -0.750 e. The third kappa shape index (κ3) is 20.6. The Morgan fingerprint density at radius 2 is 0.676 bits per heavy atom. The Balaban J connectivity index is -0.000000309. The monoisotopic (exact) mass is 568 g/mol. The van der Waals surface area contributed by atoms with Crippen molar-refractivity contribution in [1.29, 1.82) is 0 Å². The molecule has 0 bridgehead atoms. The van der Waals surface area contributed by atoms with Gasteiger partial charge in [0.25, 0.3) is 0 Å². The Labute approximate surface area is 262 Å². The second kappa shape index (κ2) is 25.1. The molecule has 0 amide bonds. The van der Waals surface area contributed by atoms with E-state index in [1.54, 1.807) is 0 Å². The molecule has 16 heteroatoms. The smallest absolute Gasteiger partial charge is 0.750 e. The average molecular weight is 568 g/mol. The summed E-state index contributed by atoms with van der Waals surface area (Å²) in [6.07, 6.45) is 0. The van der Waals surface area contributed by atoms with Crippen molar-refractivity contribution < 1.29 is 96.5 Å². The van der Waals surface area contributed by atoms with Crippen molar-refractivity contribution in [2.45, 2.75) is 20.8 Å². The van der Waals surface area contributed by atoms with Crippen LogP contribution in [0.2, 0.25) is 0 Å². The summed E-state index contributed by atoms with van der Waals surface area (Å²) in [7, 11) is -0.508. The quantitative estimate of drug-likeness (QED) is 0.157. The summed E-state index contributed by atoms with van der Waals surface area (Å²) in [5, 5.41) is 4.38. The van der Waals surface area contributed by atoms with Gasteiger partial charge in [-0.05, 0) is 61.3 Å². The Morgan fingerprint density at radius 1 is 0.514 bits per heavy atom. The molecule has 0 heterocycles. The molecule has 9 nitrogen and oxygen atoms in total. The van der Waals surface area contributed by atoms with Gasteiger partial charge >= 0.3 is 56.6 Å². The molecule has 3 rings (SSSR count). The van der Waals surface area contributed by atoms with Gasteiger partial charge in [-0.15, -0.1) is 0 Å². The van der Waals surface area contributed by atoms with Gasteiger partial charge in [-0.25, -0.2) is 12.6 Å². The molecular formula is C21H24Li3O9PS3. The molecule has 0 spiro atoms. The van der Waals surface area contributed by atoms with Crippen molar-refractivity contribution >= 4 is 57.9 Å². The number of hydrogen-bond donors (Lipinski definition) is 3. The van der Waals surface area contributed by atoms with Gasteiger partial charge in [0.15, 0.2) is 0 Å². The van der Waals surface area contributed by atoms with Crippen LogP contribution < -0.4 is 72.5 Å². The largest absolute Gasteiger partial charge is 1.00 e. The standard InChI is InChI=1S/C21H21P.3Li.3H2O3S/c1-16-10-4-7-13-19(16)22(20-14-8-5-11-17(20)2)21-15-9-6-12-18(21)3;;;;3*1-4(2)3/h4-15H,1-3H3;;;;3*(H2,1,2,3)/q;3*+1;;;/p-3. The van der Waals surface area contributed by atoms with Crippen molar-refractivity contribution in [3.63, 3.8) is 0 Å². The van der Waals surface area contributed by atoms with E-state index in [-0.39, 0.29) is 56.6 Å². The van der Waals surface area contributed by atoms with Gasteiger partial charge in [0.1, 0.15) is 0 Å². The van der Waals surface area contributed by atoms with Crippen molar-refractivity contribution in [2.24, 2.45) is 0 Å². The molecule has 0 fully saturated rings. The van der Waals surface area contributed by atoms with E-state index in [4.69, 9.17) is 39.9 Å². The molecule has 0 saturated carbocycles. The van der Waals surface area contributed by atoms with Gasteiger partial charge in [0.2, 0.25) is 0 Å². The van der Waals surface area contributed by atoms with E-state index >= 15 is 0 Å². The van der Waals surface area contributed by atoms with Crippen LogP contribution in [0.5, 0.6) is 0 Å². The molecule has 0 aliphatic rings. The average Bonchev–Trinajstić information content (AvgIpc) is 2.71. The zero-order valence-electron chi connectivity index (χ0n) is 21.4. The third-order valence-corrected chi connectivity index (χ3v) is 7.02. The first kappa shape index (κ1) is 44.1. The molecular weight excluding hydrogens is 544 g/mol. The van der Waals surface area contributed by atoms with Crippen molar-refractivity contribution in [1.82, 2.24) is 0 Å². The molecule has 0 radical (unpaired) electrons. The van der Waals surface area contributed by atoms with E-state index in [1.165, 1.54) is 32.6 Å². The minimum absolute atomic E-state index is 0. The van der Waals surface area contributed by atoms with Crippen LogP contribution in [0.15, 0.2) is 72.8 Å². The van der Waals surface area contributed by atoms with Crippen molar-refractivity contribution in [2.75, 3.05) is 0 Å². The molecule has 3 atom stereocenters. The number of benzene rings is 3. The van der Waals surface area contributed by atoms with E-state index in [2.05, 4.69) is 93.6 Å². The Hall–Kier alpha value is 0.0922. The third-order valence-electron chi connectivity index (χ3n) is 4.07. The zero-order chi connectivity index (χ0) is 26.3. The number of hydrogen-bond acceptors (Lipinski definition) is 6. The second-order valence-electron chi connectivity index (χ2n) is 6.35. The molecule has 0 aliphatic heterocycles. The van der Waals surface area contributed by atoms with Crippen LogP contribution >= 0.6 is 7.92 Å². The molecule has 3 N–H and O–H groups in total. The predicted molar refractivity (Wildman–Crippen MR) is 134 cm³/mol. The summed E-state index contributed by atoms with van der Waals surface area (Å²) >= 11 is -8.58. The van der Waals surface area contributed by atoms with E-state index in [9.17, 15) is 0 Å². The fourth-order valence-corrected chi connectivity index (χ4v) is 5.60. The molecule has 0 saturated heterocycles. The second-order valence-corrected chi connectivity index (χ2v) is 9.77. The summed E-state index contributed by atoms with van der Waals surface area (Å²) in [6.45, 7) is 6.67. The maximum absolute atomic E-state index is 8.56. The van der Waals surface area contributed by atoms with Gasteiger partial charge in [-0.3, -0.25) is 0 Å². The Morgan fingerprint density at radius 3 is 0.838 bits per heavy atom. The zero-order valence-corrected chi connectivity index (χ0v) is 24.7. The van der Waals surface area contributed by atoms with Gasteiger partial charge < -0.3 is 27.3 Å². The van der Waals surface area contributed by atoms with Gasteiger partial charge in [-0.1, -0.05) is 72.8 Å². The molecule has 0 aliphatic carbocycles. The van der Waals surface area contributed by atoms with Gasteiger partial charge in [-0.2, -0.15) is 0 Å². The van der Waals surface area contributed by atoms with Gasteiger partial charge in [0.05, 0.1) is 34.1 Å².